The summed E-state index contributed by atoms with van der Waals surface area (Å²) in [6.45, 7) is 0. The van der Waals surface area contributed by atoms with Gasteiger partial charge in [-0.3, -0.25) is 4.79 Å². The molecule has 0 radical (unpaired) electrons. The second-order valence-corrected chi connectivity index (χ2v) is 3.78. The fourth-order valence-corrected chi connectivity index (χ4v) is 1.84. The zero-order valence-electron chi connectivity index (χ0n) is 6.23. The predicted molar refractivity (Wildman–Crippen MR) is 50.8 cm³/mol. The SMILES string of the molecule is O=C1Cc2c(cc(Cl)c(Cl)c2Cl)O1. The monoisotopic (exact) mass is 236 g/mol. The molecule has 0 fully saturated rings. The molecule has 1 aromatic carbocycles. The van der Waals surface area contributed by atoms with E-state index in [9.17, 15) is 4.79 Å². The van der Waals surface area contributed by atoms with Gasteiger partial charge in [0.05, 0.1) is 21.5 Å². The highest BCUT2D eigenvalue weighted by Gasteiger charge is 2.25. The van der Waals surface area contributed by atoms with Crippen LogP contribution in [0, 0.1) is 0 Å². The van der Waals surface area contributed by atoms with Gasteiger partial charge >= 0.3 is 5.97 Å². The summed E-state index contributed by atoms with van der Waals surface area (Å²) < 4.78 is 4.86. The number of ether oxygens (including phenoxy) is 1. The van der Waals surface area contributed by atoms with E-state index in [0.717, 1.165) is 0 Å². The number of benzene rings is 1. The standard InChI is InChI=1S/C8H3Cl3O2/c9-4-2-5-3(1-6(12)13-5)7(10)8(4)11/h2H,1H2. The molecule has 0 unspecified atom stereocenters. The highest BCUT2D eigenvalue weighted by atomic mass is 35.5. The number of fused-ring (bicyclic) bond motifs is 1. The van der Waals surface area contributed by atoms with Gasteiger partial charge in [0.2, 0.25) is 0 Å². The van der Waals surface area contributed by atoms with Gasteiger partial charge in [-0.05, 0) is 0 Å². The molecule has 13 heavy (non-hydrogen) atoms. The summed E-state index contributed by atoms with van der Waals surface area (Å²) in [4.78, 5) is 10.9. The third kappa shape index (κ3) is 1.39. The Morgan fingerprint density at radius 3 is 2.62 bits per heavy atom. The van der Waals surface area contributed by atoms with Gasteiger partial charge in [0.25, 0.3) is 0 Å². The van der Waals surface area contributed by atoms with Crippen LogP contribution in [0.1, 0.15) is 5.56 Å². The average molecular weight is 237 g/mol. The molecule has 1 heterocycles. The summed E-state index contributed by atoms with van der Waals surface area (Å²) >= 11 is 17.4. The summed E-state index contributed by atoms with van der Waals surface area (Å²) in [5.41, 5.74) is 0.612. The number of carbonyl (C=O) groups excluding carboxylic acids is 1. The highest BCUT2D eigenvalue weighted by Crippen LogP contribution is 2.41. The number of hydrogen-bond acceptors (Lipinski definition) is 2. The molecule has 1 aliphatic heterocycles. The topological polar surface area (TPSA) is 26.3 Å². The molecule has 1 aromatic rings. The largest absolute Gasteiger partial charge is 0.426 e. The van der Waals surface area contributed by atoms with Crippen LogP contribution in [0.2, 0.25) is 15.1 Å². The Morgan fingerprint density at radius 2 is 1.92 bits per heavy atom. The Balaban J connectivity index is 2.66. The Morgan fingerprint density at radius 1 is 1.23 bits per heavy atom. The molecule has 0 bridgehead atoms. The van der Waals surface area contributed by atoms with Gasteiger partial charge in [-0.1, -0.05) is 34.8 Å². The minimum Gasteiger partial charge on any atom is -0.426 e. The van der Waals surface area contributed by atoms with Crippen molar-refractivity contribution in [1.82, 2.24) is 0 Å². The van der Waals surface area contributed by atoms with E-state index in [1.807, 2.05) is 0 Å². The van der Waals surface area contributed by atoms with Crippen LogP contribution >= 0.6 is 34.8 Å². The van der Waals surface area contributed by atoms with Crippen molar-refractivity contribution in [2.75, 3.05) is 0 Å². The Labute approximate surface area is 89.3 Å². The Bertz CT molecular complexity index is 401. The van der Waals surface area contributed by atoms with Crippen molar-refractivity contribution < 1.29 is 9.53 Å². The maximum absolute atomic E-state index is 10.9. The van der Waals surface area contributed by atoms with Crippen molar-refractivity contribution in [2.24, 2.45) is 0 Å². The maximum Gasteiger partial charge on any atom is 0.315 e. The van der Waals surface area contributed by atoms with E-state index in [1.165, 1.54) is 6.07 Å². The lowest BCUT2D eigenvalue weighted by Gasteiger charge is -2.03. The smallest absolute Gasteiger partial charge is 0.315 e. The van der Waals surface area contributed by atoms with Crippen molar-refractivity contribution in [3.63, 3.8) is 0 Å². The van der Waals surface area contributed by atoms with Crippen molar-refractivity contribution >= 4 is 40.8 Å². The zero-order chi connectivity index (χ0) is 9.59. The van der Waals surface area contributed by atoms with Crippen LogP contribution in [0.4, 0.5) is 0 Å². The van der Waals surface area contributed by atoms with E-state index in [2.05, 4.69) is 0 Å². The van der Waals surface area contributed by atoms with E-state index < -0.39 is 0 Å². The van der Waals surface area contributed by atoms with E-state index in [1.54, 1.807) is 0 Å². The highest BCUT2D eigenvalue weighted by molar-refractivity contribution is 6.48. The van der Waals surface area contributed by atoms with Crippen molar-refractivity contribution in [3.05, 3.63) is 26.7 Å². The Hall–Kier alpha value is -0.440. The summed E-state index contributed by atoms with van der Waals surface area (Å²) in [7, 11) is 0. The normalized spacial score (nSPS) is 14.2. The molecule has 1 aliphatic rings. The summed E-state index contributed by atoms with van der Waals surface area (Å²) in [5.74, 6) is 0.0691. The van der Waals surface area contributed by atoms with E-state index in [-0.39, 0.29) is 17.4 Å². The predicted octanol–water partition coefficient (Wildman–Crippen LogP) is 3.11. The van der Waals surface area contributed by atoms with Crippen molar-refractivity contribution in [1.29, 1.82) is 0 Å². The van der Waals surface area contributed by atoms with Crippen LogP contribution in [0.15, 0.2) is 6.07 Å². The van der Waals surface area contributed by atoms with Crippen LogP contribution in [0.5, 0.6) is 5.75 Å². The van der Waals surface area contributed by atoms with Gasteiger partial charge in [-0.25, -0.2) is 0 Å². The molecule has 2 nitrogen and oxygen atoms in total. The van der Waals surface area contributed by atoms with Crippen LogP contribution in [-0.2, 0) is 11.2 Å². The lowest BCUT2D eigenvalue weighted by atomic mass is 10.2. The van der Waals surface area contributed by atoms with Crippen LogP contribution in [-0.4, -0.2) is 5.97 Å². The van der Waals surface area contributed by atoms with Gasteiger partial charge in [0.1, 0.15) is 5.75 Å². The molecule has 0 N–H and O–H groups in total. The molecule has 0 saturated heterocycles. The lowest BCUT2D eigenvalue weighted by molar-refractivity contribution is -0.131. The van der Waals surface area contributed by atoms with Gasteiger partial charge in [0.15, 0.2) is 0 Å². The molecule has 2 rings (SSSR count). The molecule has 0 amide bonds. The zero-order valence-corrected chi connectivity index (χ0v) is 8.50. The summed E-state index contributed by atoms with van der Waals surface area (Å²) in [6.07, 6.45) is 0.158. The van der Waals surface area contributed by atoms with Crippen LogP contribution < -0.4 is 4.74 Å². The second kappa shape index (κ2) is 3.05. The molecule has 5 heteroatoms. The van der Waals surface area contributed by atoms with Gasteiger partial charge in [0, 0.05) is 11.6 Å². The second-order valence-electron chi connectivity index (χ2n) is 2.61. The quantitative estimate of drug-likeness (QED) is 0.394. The molecular formula is C8H3Cl3O2. The number of carbonyl (C=O) groups is 1. The molecular weight excluding hydrogens is 234 g/mol. The van der Waals surface area contributed by atoms with Gasteiger partial charge in [-0.2, -0.15) is 0 Å². The molecule has 0 atom stereocenters. The fraction of sp³-hybridized carbons (Fsp3) is 0.125. The van der Waals surface area contributed by atoms with E-state index in [4.69, 9.17) is 39.5 Å². The maximum atomic E-state index is 10.9. The van der Waals surface area contributed by atoms with Crippen molar-refractivity contribution in [2.45, 2.75) is 6.42 Å². The molecule has 0 spiro atoms. The average Bonchev–Trinajstić information content (AvgIpc) is 2.42. The first-order valence-electron chi connectivity index (χ1n) is 3.46. The minimum atomic E-state index is -0.338. The van der Waals surface area contributed by atoms with E-state index >= 15 is 0 Å². The molecule has 0 aliphatic carbocycles. The van der Waals surface area contributed by atoms with Crippen LogP contribution in [0.3, 0.4) is 0 Å². The van der Waals surface area contributed by atoms with Crippen molar-refractivity contribution in [3.8, 4) is 5.75 Å². The third-order valence-electron chi connectivity index (χ3n) is 1.77. The van der Waals surface area contributed by atoms with Gasteiger partial charge < -0.3 is 4.74 Å². The molecule has 0 saturated carbocycles. The first-order chi connectivity index (χ1) is 6.09. The van der Waals surface area contributed by atoms with Gasteiger partial charge in [-0.15, -0.1) is 0 Å². The van der Waals surface area contributed by atoms with Crippen LogP contribution in [0.25, 0.3) is 0 Å². The molecule has 0 aromatic heterocycles. The Kier molecular flexibility index (Phi) is 2.14. The van der Waals surface area contributed by atoms with E-state index in [0.29, 0.717) is 21.4 Å². The summed E-state index contributed by atoms with van der Waals surface area (Å²) in [6, 6.07) is 1.50. The first-order valence-corrected chi connectivity index (χ1v) is 4.60. The number of hydrogen-bond donors (Lipinski definition) is 0. The third-order valence-corrected chi connectivity index (χ3v) is 3.07. The fourth-order valence-electron chi connectivity index (χ4n) is 1.17. The summed E-state index contributed by atoms with van der Waals surface area (Å²) in [5, 5.41) is 0.857. The first kappa shape index (κ1) is 9.13. The molecule has 68 valence electrons. The lowest BCUT2D eigenvalue weighted by Crippen LogP contribution is -2.00. The number of halogens is 3. The number of esters is 1. The number of rotatable bonds is 0. The minimum absolute atomic E-state index is 0.158.